The van der Waals surface area contributed by atoms with E-state index in [1.54, 1.807) is 12.3 Å². The summed E-state index contributed by atoms with van der Waals surface area (Å²) in [5.74, 6) is 0.705. The lowest BCUT2D eigenvalue weighted by Crippen LogP contribution is -2.12. The molecule has 0 aliphatic heterocycles. The molecule has 3 aromatic heterocycles. The Bertz CT molecular complexity index is 1050. The van der Waals surface area contributed by atoms with Crippen molar-refractivity contribution < 1.29 is 4.79 Å². The van der Waals surface area contributed by atoms with E-state index in [9.17, 15) is 4.79 Å². The lowest BCUT2D eigenvalue weighted by Gasteiger charge is -2.06. The maximum absolute atomic E-state index is 12.2. The normalized spacial score (nSPS) is 10.8. The molecule has 26 heavy (non-hydrogen) atoms. The smallest absolute Gasteiger partial charge is 0.257 e. The number of carbonyl (C=O) groups excluding carboxylic acids is 1. The van der Waals surface area contributed by atoms with Crippen molar-refractivity contribution in [3.05, 3.63) is 89.6 Å². The Morgan fingerprint density at radius 2 is 1.88 bits per heavy atom. The van der Waals surface area contributed by atoms with Crippen LogP contribution in [0.2, 0.25) is 0 Å². The van der Waals surface area contributed by atoms with Crippen LogP contribution in [-0.2, 0) is 6.42 Å². The van der Waals surface area contributed by atoms with Crippen molar-refractivity contribution in [3.8, 4) is 0 Å². The van der Waals surface area contributed by atoms with E-state index in [-0.39, 0.29) is 5.91 Å². The third kappa shape index (κ3) is 3.30. The lowest BCUT2D eigenvalue weighted by molar-refractivity contribution is 0.102. The SMILES string of the molecule is Cc1ccc(C(=O)Nc2ccc(Cc3nnc4ccccn34)cc2)cn1. The Morgan fingerprint density at radius 3 is 2.65 bits per heavy atom. The Labute approximate surface area is 150 Å². The van der Waals surface area contributed by atoms with E-state index in [0.717, 1.165) is 28.4 Å². The van der Waals surface area contributed by atoms with Crippen LogP contribution in [-0.4, -0.2) is 25.5 Å². The van der Waals surface area contributed by atoms with Gasteiger partial charge in [-0.25, -0.2) is 0 Å². The molecule has 0 saturated carbocycles. The second-order valence-electron chi connectivity index (χ2n) is 6.06. The number of nitrogens with zero attached hydrogens (tertiary/aromatic N) is 4. The molecular weight excluding hydrogens is 326 g/mol. The van der Waals surface area contributed by atoms with Gasteiger partial charge in [-0.05, 0) is 48.9 Å². The Morgan fingerprint density at radius 1 is 1.04 bits per heavy atom. The minimum absolute atomic E-state index is 0.172. The van der Waals surface area contributed by atoms with E-state index in [0.29, 0.717) is 12.0 Å². The molecule has 1 N–H and O–H groups in total. The second kappa shape index (κ2) is 6.76. The van der Waals surface area contributed by atoms with Crippen LogP contribution in [0.15, 0.2) is 67.0 Å². The molecule has 0 radical (unpaired) electrons. The molecule has 0 saturated heterocycles. The van der Waals surface area contributed by atoms with Crippen molar-refractivity contribution in [2.75, 3.05) is 5.32 Å². The van der Waals surface area contributed by atoms with Gasteiger partial charge in [-0.3, -0.25) is 14.2 Å². The third-order valence-corrected chi connectivity index (χ3v) is 4.13. The van der Waals surface area contributed by atoms with Gasteiger partial charge in [-0.1, -0.05) is 18.2 Å². The number of fused-ring (bicyclic) bond motifs is 1. The van der Waals surface area contributed by atoms with Gasteiger partial charge in [-0.15, -0.1) is 10.2 Å². The van der Waals surface area contributed by atoms with E-state index in [1.165, 1.54) is 0 Å². The van der Waals surface area contributed by atoms with Crippen molar-refractivity contribution in [2.24, 2.45) is 0 Å². The lowest BCUT2D eigenvalue weighted by atomic mass is 10.1. The van der Waals surface area contributed by atoms with E-state index >= 15 is 0 Å². The fourth-order valence-corrected chi connectivity index (χ4v) is 2.71. The minimum Gasteiger partial charge on any atom is -0.322 e. The number of aryl methyl sites for hydroxylation is 1. The van der Waals surface area contributed by atoms with E-state index < -0.39 is 0 Å². The number of benzene rings is 1. The average Bonchev–Trinajstić information content (AvgIpc) is 3.07. The molecule has 0 bridgehead atoms. The molecule has 1 amide bonds. The van der Waals surface area contributed by atoms with Crippen LogP contribution in [0.3, 0.4) is 0 Å². The standard InChI is InChI=1S/C20H17N5O/c1-14-5-8-16(13-21-14)20(26)22-17-9-6-15(7-10-17)12-19-24-23-18-4-2-3-11-25(18)19/h2-11,13H,12H2,1H3,(H,22,26). The molecule has 0 unspecified atom stereocenters. The summed E-state index contributed by atoms with van der Waals surface area (Å²) in [5, 5.41) is 11.3. The van der Waals surface area contributed by atoms with Gasteiger partial charge >= 0.3 is 0 Å². The molecule has 6 nitrogen and oxygen atoms in total. The number of rotatable bonds is 4. The zero-order valence-electron chi connectivity index (χ0n) is 14.3. The first-order valence-electron chi connectivity index (χ1n) is 8.31. The van der Waals surface area contributed by atoms with E-state index in [1.807, 2.05) is 66.1 Å². The number of carbonyl (C=O) groups is 1. The average molecular weight is 343 g/mol. The molecule has 4 aromatic rings. The van der Waals surface area contributed by atoms with Crippen LogP contribution < -0.4 is 5.32 Å². The summed E-state index contributed by atoms with van der Waals surface area (Å²) in [4.78, 5) is 16.4. The highest BCUT2D eigenvalue weighted by Gasteiger charge is 2.08. The number of anilines is 1. The van der Waals surface area contributed by atoms with Gasteiger partial charge in [0.1, 0.15) is 5.82 Å². The molecule has 0 fully saturated rings. The number of amides is 1. The summed E-state index contributed by atoms with van der Waals surface area (Å²) < 4.78 is 1.97. The summed E-state index contributed by atoms with van der Waals surface area (Å²) >= 11 is 0. The fraction of sp³-hybridized carbons (Fsp3) is 0.100. The molecule has 0 aliphatic rings. The molecule has 4 rings (SSSR count). The topological polar surface area (TPSA) is 72.2 Å². The highest BCUT2D eigenvalue weighted by Crippen LogP contribution is 2.14. The quantitative estimate of drug-likeness (QED) is 0.617. The van der Waals surface area contributed by atoms with Crippen LogP contribution in [0.25, 0.3) is 5.65 Å². The van der Waals surface area contributed by atoms with Crippen molar-refractivity contribution in [2.45, 2.75) is 13.3 Å². The maximum atomic E-state index is 12.2. The maximum Gasteiger partial charge on any atom is 0.257 e. The molecule has 0 atom stereocenters. The van der Waals surface area contributed by atoms with Gasteiger partial charge < -0.3 is 5.32 Å². The largest absolute Gasteiger partial charge is 0.322 e. The molecule has 0 spiro atoms. The van der Waals surface area contributed by atoms with Gasteiger partial charge in [0.2, 0.25) is 0 Å². The van der Waals surface area contributed by atoms with E-state index in [2.05, 4.69) is 20.5 Å². The molecule has 1 aromatic carbocycles. The van der Waals surface area contributed by atoms with Crippen molar-refractivity contribution >= 4 is 17.2 Å². The highest BCUT2D eigenvalue weighted by molar-refractivity contribution is 6.04. The fourth-order valence-electron chi connectivity index (χ4n) is 2.71. The monoisotopic (exact) mass is 343 g/mol. The Balaban J connectivity index is 1.46. The first-order chi connectivity index (χ1) is 12.7. The van der Waals surface area contributed by atoms with Crippen LogP contribution in [0.4, 0.5) is 5.69 Å². The van der Waals surface area contributed by atoms with Gasteiger partial charge in [0.25, 0.3) is 5.91 Å². The van der Waals surface area contributed by atoms with E-state index in [4.69, 9.17) is 0 Å². The van der Waals surface area contributed by atoms with Gasteiger partial charge in [0.05, 0.1) is 5.56 Å². The summed E-state index contributed by atoms with van der Waals surface area (Å²) in [7, 11) is 0. The first kappa shape index (κ1) is 16.0. The number of hydrogen-bond acceptors (Lipinski definition) is 4. The first-order valence-corrected chi connectivity index (χ1v) is 8.31. The Kier molecular flexibility index (Phi) is 4.15. The predicted molar refractivity (Wildman–Crippen MR) is 99.2 cm³/mol. The third-order valence-electron chi connectivity index (χ3n) is 4.13. The van der Waals surface area contributed by atoms with Crippen molar-refractivity contribution in [1.29, 1.82) is 0 Å². The molecule has 128 valence electrons. The summed E-state index contributed by atoms with van der Waals surface area (Å²) in [6.07, 6.45) is 4.20. The summed E-state index contributed by atoms with van der Waals surface area (Å²) in [6, 6.07) is 17.1. The number of nitrogens with one attached hydrogen (secondary N) is 1. The molecule has 3 heterocycles. The zero-order chi connectivity index (χ0) is 17.9. The van der Waals surface area contributed by atoms with Crippen LogP contribution in [0.5, 0.6) is 0 Å². The Hall–Kier alpha value is -3.54. The molecule has 6 heteroatoms. The van der Waals surface area contributed by atoms with Gasteiger partial charge in [0.15, 0.2) is 5.65 Å². The summed E-state index contributed by atoms with van der Waals surface area (Å²) in [6.45, 7) is 1.89. The van der Waals surface area contributed by atoms with Crippen LogP contribution in [0, 0.1) is 6.92 Å². The number of aromatic nitrogens is 4. The van der Waals surface area contributed by atoms with Crippen LogP contribution in [0.1, 0.15) is 27.4 Å². The minimum atomic E-state index is -0.172. The van der Waals surface area contributed by atoms with Gasteiger partial charge in [-0.2, -0.15) is 0 Å². The highest BCUT2D eigenvalue weighted by atomic mass is 16.1. The molecular formula is C20H17N5O. The molecule has 0 aliphatic carbocycles. The summed E-state index contributed by atoms with van der Waals surface area (Å²) in [5.41, 5.74) is 4.09. The van der Waals surface area contributed by atoms with Crippen LogP contribution >= 0.6 is 0 Å². The second-order valence-corrected chi connectivity index (χ2v) is 6.06. The number of hydrogen-bond donors (Lipinski definition) is 1. The predicted octanol–water partition coefficient (Wildman–Crippen LogP) is 3.28. The van der Waals surface area contributed by atoms with Crippen molar-refractivity contribution in [3.63, 3.8) is 0 Å². The zero-order valence-corrected chi connectivity index (χ0v) is 14.3. The van der Waals surface area contributed by atoms with Gasteiger partial charge in [0, 0.05) is 30.2 Å². The van der Waals surface area contributed by atoms with Crippen molar-refractivity contribution in [1.82, 2.24) is 19.6 Å². The number of pyridine rings is 2.